The maximum absolute atomic E-state index is 5.56. The predicted molar refractivity (Wildman–Crippen MR) is 72.1 cm³/mol. The lowest BCUT2D eigenvalue weighted by Gasteiger charge is -2.43. The molecule has 5 heteroatoms. The van der Waals surface area contributed by atoms with Gasteiger partial charge in [-0.25, -0.2) is 9.97 Å². The molecule has 1 fully saturated rings. The summed E-state index contributed by atoms with van der Waals surface area (Å²) < 4.78 is 5.56. The number of anilines is 1. The third-order valence-corrected chi connectivity index (χ3v) is 3.16. The van der Waals surface area contributed by atoms with Crippen molar-refractivity contribution in [2.45, 2.75) is 32.7 Å². The monoisotopic (exact) mass is 250 g/mol. The van der Waals surface area contributed by atoms with Gasteiger partial charge in [-0.3, -0.25) is 0 Å². The van der Waals surface area contributed by atoms with E-state index in [1.54, 1.807) is 6.33 Å². The summed E-state index contributed by atoms with van der Waals surface area (Å²) in [5.41, 5.74) is 0.0641. The molecule has 2 rings (SSSR count). The van der Waals surface area contributed by atoms with Crippen LogP contribution in [-0.4, -0.2) is 41.7 Å². The van der Waals surface area contributed by atoms with Crippen molar-refractivity contribution in [2.24, 2.45) is 0 Å². The van der Waals surface area contributed by atoms with Crippen molar-refractivity contribution in [1.29, 1.82) is 0 Å². The Balaban J connectivity index is 2.16. The largest absolute Gasteiger partial charge is 0.478 e. The summed E-state index contributed by atoms with van der Waals surface area (Å²) in [5, 5.41) is 3.41. The van der Waals surface area contributed by atoms with Crippen LogP contribution in [0.4, 0.5) is 5.82 Å². The van der Waals surface area contributed by atoms with E-state index in [1.807, 2.05) is 6.07 Å². The molecule has 0 atom stereocenters. The fourth-order valence-electron chi connectivity index (χ4n) is 2.17. The molecule has 0 bridgehead atoms. The Bertz CT molecular complexity index is 394. The van der Waals surface area contributed by atoms with Crippen molar-refractivity contribution >= 4 is 5.82 Å². The first kappa shape index (κ1) is 13.1. The third kappa shape index (κ3) is 2.90. The Kier molecular flexibility index (Phi) is 4.01. The Morgan fingerprint density at radius 3 is 3.00 bits per heavy atom. The first-order valence-corrected chi connectivity index (χ1v) is 6.56. The zero-order valence-corrected chi connectivity index (χ0v) is 11.4. The minimum Gasteiger partial charge on any atom is -0.478 e. The van der Waals surface area contributed by atoms with Crippen molar-refractivity contribution in [3.05, 3.63) is 12.4 Å². The summed E-state index contributed by atoms with van der Waals surface area (Å²) in [4.78, 5) is 10.8. The Morgan fingerprint density at radius 2 is 2.28 bits per heavy atom. The molecule has 0 unspecified atom stereocenters. The summed E-state index contributed by atoms with van der Waals surface area (Å²) in [7, 11) is 0. The summed E-state index contributed by atoms with van der Waals surface area (Å²) >= 11 is 0. The normalized spacial score (nSPS) is 18.7. The molecule has 100 valence electrons. The van der Waals surface area contributed by atoms with Crippen LogP contribution < -0.4 is 15.0 Å². The van der Waals surface area contributed by atoms with Gasteiger partial charge in [-0.2, -0.15) is 0 Å². The molecule has 2 heterocycles. The Morgan fingerprint density at radius 1 is 1.44 bits per heavy atom. The van der Waals surface area contributed by atoms with Gasteiger partial charge < -0.3 is 15.0 Å². The van der Waals surface area contributed by atoms with Crippen molar-refractivity contribution in [2.75, 3.05) is 31.1 Å². The van der Waals surface area contributed by atoms with Crippen LogP contribution in [0.3, 0.4) is 0 Å². The van der Waals surface area contributed by atoms with E-state index in [4.69, 9.17) is 4.74 Å². The van der Waals surface area contributed by atoms with Gasteiger partial charge in [-0.15, -0.1) is 0 Å². The summed E-state index contributed by atoms with van der Waals surface area (Å²) in [6.07, 6.45) is 2.57. The van der Waals surface area contributed by atoms with Crippen LogP contribution in [0.15, 0.2) is 12.4 Å². The Labute approximate surface area is 109 Å². The number of nitrogens with one attached hydrogen (secondary N) is 1. The summed E-state index contributed by atoms with van der Waals surface area (Å²) in [5.74, 6) is 1.61. The van der Waals surface area contributed by atoms with Crippen LogP contribution in [0.2, 0.25) is 0 Å². The van der Waals surface area contributed by atoms with Gasteiger partial charge in [0.1, 0.15) is 12.1 Å². The molecular weight excluding hydrogens is 228 g/mol. The Hall–Kier alpha value is -1.36. The number of ether oxygens (including phenoxy) is 1. The highest BCUT2D eigenvalue weighted by Crippen LogP contribution is 2.25. The van der Waals surface area contributed by atoms with Crippen molar-refractivity contribution in [3.8, 4) is 5.88 Å². The van der Waals surface area contributed by atoms with E-state index >= 15 is 0 Å². The van der Waals surface area contributed by atoms with Gasteiger partial charge in [0, 0.05) is 31.2 Å². The number of aromatic nitrogens is 2. The van der Waals surface area contributed by atoms with Gasteiger partial charge >= 0.3 is 0 Å². The molecule has 0 amide bonds. The topological polar surface area (TPSA) is 50.3 Å². The van der Waals surface area contributed by atoms with Gasteiger partial charge in [0.05, 0.1) is 6.61 Å². The van der Waals surface area contributed by atoms with E-state index in [1.165, 1.54) is 0 Å². The lowest BCUT2D eigenvalue weighted by Crippen LogP contribution is -2.58. The number of rotatable bonds is 4. The van der Waals surface area contributed by atoms with Crippen molar-refractivity contribution in [3.63, 3.8) is 0 Å². The zero-order valence-electron chi connectivity index (χ0n) is 11.4. The zero-order chi connectivity index (χ0) is 13.0. The number of hydrogen-bond acceptors (Lipinski definition) is 5. The molecule has 1 aliphatic heterocycles. The molecule has 0 radical (unpaired) electrons. The first-order chi connectivity index (χ1) is 8.63. The molecule has 0 aliphatic carbocycles. The number of piperazine rings is 1. The predicted octanol–water partition coefficient (Wildman–Crippen LogP) is 1.45. The molecule has 5 nitrogen and oxygen atoms in total. The van der Waals surface area contributed by atoms with Crippen LogP contribution >= 0.6 is 0 Å². The van der Waals surface area contributed by atoms with Gasteiger partial charge in [0.15, 0.2) is 0 Å². The highest BCUT2D eigenvalue weighted by Gasteiger charge is 2.30. The molecule has 0 spiro atoms. The second-order valence-corrected chi connectivity index (χ2v) is 5.20. The highest BCUT2D eigenvalue weighted by atomic mass is 16.5. The SMILES string of the molecule is CCCOc1cc(N2CCNCC2(C)C)ncn1. The van der Waals surface area contributed by atoms with E-state index in [-0.39, 0.29) is 5.54 Å². The van der Waals surface area contributed by atoms with Crippen LogP contribution in [0, 0.1) is 0 Å². The maximum Gasteiger partial charge on any atom is 0.218 e. The molecule has 1 aliphatic rings. The quantitative estimate of drug-likeness (QED) is 0.876. The van der Waals surface area contributed by atoms with Crippen LogP contribution in [-0.2, 0) is 0 Å². The second-order valence-electron chi connectivity index (χ2n) is 5.20. The average molecular weight is 250 g/mol. The molecule has 1 aromatic heterocycles. The van der Waals surface area contributed by atoms with Crippen LogP contribution in [0.1, 0.15) is 27.2 Å². The smallest absolute Gasteiger partial charge is 0.218 e. The summed E-state index contributed by atoms with van der Waals surface area (Å²) in [6, 6.07) is 1.93. The molecule has 1 saturated heterocycles. The molecule has 1 aromatic rings. The average Bonchev–Trinajstić information content (AvgIpc) is 2.36. The lowest BCUT2D eigenvalue weighted by atomic mass is 10.0. The number of hydrogen-bond donors (Lipinski definition) is 1. The molecule has 1 N–H and O–H groups in total. The fourth-order valence-corrected chi connectivity index (χ4v) is 2.17. The fraction of sp³-hybridized carbons (Fsp3) is 0.692. The minimum atomic E-state index is 0.0641. The van der Waals surface area contributed by atoms with E-state index in [2.05, 4.69) is 41.0 Å². The van der Waals surface area contributed by atoms with E-state index in [0.717, 1.165) is 31.9 Å². The maximum atomic E-state index is 5.56. The molecule has 18 heavy (non-hydrogen) atoms. The molecule has 0 aromatic carbocycles. The summed E-state index contributed by atoms with van der Waals surface area (Å²) in [6.45, 7) is 10.1. The van der Waals surface area contributed by atoms with E-state index in [0.29, 0.717) is 12.5 Å². The second kappa shape index (κ2) is 5.52. The van der Waals surface area contributed by atoms with Crippen molar-refractivity contribution < 1.29 is 4.74 Å². The molecular formula is C13H22N4O. The molecule has 0 saturated carbocycles. The third-order valence-electron chi connectivity index (χ3n) is 3.16. The standard InChI is InChI=1S/C13H22N4O/c1-4-7-18-12-8-11(15-10-16-12)17-6-5-14-9-13(17,2)3/h8,10,14H,4-7,9H2,1-3H3. The lowest BCUT2D eigenvalue weighted by molar-refractivity contribution is 0.304. The van der Waals surface area contributed by atoms with Crippen LogP contribution in [0.5, 0.6) is 5.88 Å². The van der Waals surface area contributed by atoms with E-state index < -0.39 is 0 Å². The van der Waals surface area contributed by atoms with Crippen LogP contribution in [0.25, 0.3) is 0 Å². The van der Waals surface area contributed by atoms with E-state index in [9.17, 15) is 0 Å². The first-order valence-electron chi connectivity index (χ1n) is 6.56. The van der Waals surface area contributed by atoms with Gasteiger partial charge in [0.25, 0.3) is 0 Å². The highest BCUT2D eigenvalue weighted by molar-refractivity contribution is 5.44. The number of nitrogens with zero attached hydrogens (tertiary/aromatic N) is 3. The minimum absolute atomic E-state index is 0.0641. The van der Waals surface area contributed by atoms with Gasteiger partial charge in [-0.05, 0) is 20.3 Å². The van der Waals surface area contributed by atoms with Gasteiger partial charge in [0.2, 0.25) is 5.88 Å². The van der Waals surface area contributed by atoms with Gasteiger partial charge in [-0.1, -0.05) is 6.92 Å². The van der Waals surface area contributed by atoms with Crippen molar-refractivity contribution in [1.82, 2.24) is 15.3 Å².